The minimum absolute atomic E-state index is 0.0192. The number of hydrogen-bond donors (Lipinski definition) is 1. The van der Waals surface area contributed by atoms with Gasteiger partial charge in [0.15, 0.2) is 10.9 Å². The fourth-order valence-corrected chi connectivity index (χ4v) is 5.38. The lowest BCUT2D eigenvalue weighted by Crippen LogP contribution is -2.30. The number of aryl methyl sites for hydroxylation is 1. The normalized spacial score (nSPS) is 12.8. The minimum atomic E-state index is -3.59. The van der Waals surface area contributed by atoms with Gasteiger partial charge in [-0.05, 0) is 32.0 Å². The molecule has 0 aliphatic rings. The Morgan fingerprint density at radius 1 is 1.31 bits per heavy atom. The highest BCUT2D eigenvalue weighted by Crippen LogP contribution is 2.27. The summed E-state index contributed by atoms with van der Waals surface area (Å²) < 4.78 is 28.9. The molecule has 1 aromatic carbocycles. The molecule has 1 heterocycles. The van der Waals surface area contributed by atoms with Crippen LogP contribution >= 0.6 is 11.8 Å². The number of Topliss-reactive ketones (excluding diaryl/α,β-unsaturated/α-hetero) is 1. The zero-order valence-corrected chi connectivity index (χ0v) is 18.6. The second-order valence-corrected chi connectivity index (χ2v) is 9.14. The van der Waals surface area contributed by atoms with Gasteiger partial charge in [0.25, 0.3) is 0 Å². The number of rotatable bonds is 9. The van der Waals surface area contributed by atoms with Crippen molar-refractivity contribution in [2.75, 3.05) is 18.8 Å². The van der Waals surface area contributed by atoms with Crippen molar-refractivity contribution in [2.24, 2.45) is 5.73 Å². The van der Waals surface area contributed by atoms with Crippen LogP contribution in [-0.2, 0) is 21.4 Å². The van der Waals surface area contributed by atoms with Gasteiger partial charge in [-0.2, -0.15) is 9.57 Å². The Hall–Kier alpha value is -2.35. The molecule has 2 N–H and O–H groups in total. The molecule has 0 radical (unpaired) electrons. The fraction of sp³-hybridized carbons (Fsp3) is 0.421. The summed E-state index contributed by atoms with van der Waals surface area (Å²) in [4.78, 5) is 16.9. The number of aromatic nitrogens is 2. The van der Waals surface area contributed by atoms with Crippen molar-refractivity contribution in [1.29, 1.82) is 5.26 Å². The molecule has 0 saturated carbocycles. The van der Waals surface area contributed by atoms with Crippen LogP contribution in [0.2, 0.25) is 0 Å². The van der Waals surface area contributed by atoms with E-state index in [1.807, 2.05) is 17.6 Å². The molecule has 0 aliphatic carbocycles. The van der Waals surface area contributed by atoms with Crippen molar-refractivity contribution in [3.63, 3.8) is 0 Å². The molecule has 2 aromatic rings. The van der Waals surface area contributed by atoms with E-state index >= 15 is 0 Å². The first-order chi connectivity index (χ1) is 13.7. The van der Waals surface area contributed by atoms with Gasteiger partial charge in [0.2, 0.25) is 10.0 Å². The lowest BCUT2D eigenvalue weighted by Gasteiger charge is -2.18. The van der Waals surface area contributed by atoms with Gasteiger partial charge in [0, 0.05) is 25.3 Å². The molecule has 10 heteroatoms. The summed E-state index contributed by atoms with van der Waals surface area (Å²) in [5.74, 6) is -0.345. The molecule has 0 unspecified atom stereocenters. The molecule has 29 heavy (non-hydrogen) atoms. The molecule has 8 nitrogen and oxygen atoms in total. The average molecular weight is 436 g/mol. The largest absolute Gasteiger partial charge is 0.401 e. The lowest BCUT2D eigenvalue weighted by atomic mass is 10.2. The number of nitrogens with zero attached hydrogens (tertiary/aromatic N) is 4. The van der Waals surface area contributed by atoms with Crippen molar-refractivity contribution in [3.8, 4) is 6.07 Å². The number of benzene rings is 1. The Kier molecular flexibility index (Phi) is 7.46. The Morgan fingerprint density at radius 2 is 1.97 bits per heavy atom. The molecule has 0 atom stereocenters. The Morgan fingerprint density at radius 3 is 2.48 bits per heavy atom. The maximum Gasteiger partial charge on any atom is 0.243 e. The van der Waals surface area contributed by atoms with E-state index in [1.54, 1.807) is 32.0 Å². The fourth-order valence-electron chi connectivity index (χ4n) is 2.95. The van der Waals surface area contributed by atoms with Crippen molar-refractivity contribution in [2.45, 2.75) is 44.3 Å². The third kappa shape index (κ3) is 4.63. The predicted octanol–water partition coefficient (Wildman–Crippen LogP) is 2.50. The summed E-state index contributed by atoms with van der Waals surface area (Å²) in [6.45, 7) is 8.43. The molecule has 0 bridgehead atoms. The molecule has 0 spiro atoms. The molecule has 1 aromatic heterocycles. The summed E-state index contributed by atoms with van der Waals surface area (Å²) in [5, 5.41) is 9.66. The van der Waals surface area contributed by atoms with E-state index in [2.05, 4.69) is 4.98 Å². The standard InChI is InChI=1S/C19H25N5O3S2/c1-5-23(6-2)29(26,27)14-8-9-17-16(10-14)22-19(24(17)7-3)28-12-18(25)15(11-20)13(4)21/h8-10H,5-7,12,21H2,1-4H3. The third-order valence-corrected chi connectivity index (χ3v) is 7.48. The number of nitriles is 1. The molecule has 2 rings (SSSR count). The van der Waals surface area contributed by atoms with Gasteiger partial charge < -0.3 is 10.3 Å². The van der Waals surface area contributed by atoms with Gasteiger partial charge in [-0.15, -0.1) is 0 Å². The molecule has 0 amide bonds. The van der Waals surface area contributed by atoms with Crippen molar-refractivity contribution < 1.29 is 13.2 Å². The number of ketones is 1. The van der Waals surface area contributed by atoms with Crippen LogP contribution in [0.25, 0.3) is 11.0 Å². The van der Waals surface area contributed by atoms with E-state index in [0.29, 0.717) is 30.3 Å². The van der Waals surface area contributed by atoms with Crippen LogP contribution in [-0.4, -0.2) is 46.9 Å². The minimum Gasteiger partial charge on any atom is -0.401 e. The molecule has 0 fully saturated rings. The number of carbonyl (C=O) groups excluding carboxylic acids is 1. The number of thioether (sulfide) groups is 1. The van der Waals surface area contributed by atoms with Crippen molar-refractivity contribution in [1.82, 2.24) is 13.9 Å². The van der Waals surface area contributed by atoms with E-state index in [1.165, 1.54) is 23.0 Å². The summed E-state index contributed by atoms with van der Waals surface area (Å²) in [6, 6.07) is 6.71. The van der Waals surface area contributed by atoms with E-state index in [-0.39, 0.29) is 27.7 Å². The maximum atomic E-state index is 12.8. The number of hydrogen-bond acceptors (Lipinski definition) is 7. The van der Waals surface area contributed by atoms with Gasteiger partial charge in [0.1, 0.15) is 11.6 Å². The van der Waals surface area contributed by atoms with Crippen LogP contribution in [0.1, 0.15) is 27.7 Å². The van der Waals surface area contributed by atoms with Crippen LogP contribution in [0, 0.1) is 11.3 Å². The molecule has 0 saturated heterocycles. The van der Waals surface area contributed by atoms with Crippen LogP contribution < -0.4 is 5.73 Å². The highest BCUT2D eigenvalue weighted by molar-refractivity contribution is 7.99. The van der Waals surface area contributed by atoms with Gasteiger partial charge in [-0.1, -0.05) is 25.6 Å². The smallest absolute Gasteiger partial charge is 0.243 e. The van der Waals surface area contributed by atoms with Crippen LogP contribution in [0.3, 0.4) is 0 Å². The maximum absolute atomic E-state index is 12.8. The number of allylic oxidation sites excluding steroid dienone is 2. The highest BCUT2D eigenvalue weighted by Gasteiger charge is 2.23. The first-order valence-corrected chi connectivity index (χ1v) is 11.7. The Labute approximate surface area is 175 Å². The van der Waals surface area contributed by atoms with Crippen LogP contribution in [0.4, 0.5) is 0 Å². The van der Waals surface area contributed by atoms with Crippen molar-refractivity contribution >= 4 is 38.6 Å². The molecule has 0 aliphatic heterocycles. The van der Waals surface area contributed by atoms with Gasteiger partial charge in [-0.3, -0.25) is 4.79 Å². The van der Waals surface area contributed by atoms with Crippen LogP contribution in [0.15, 0.2) is 39.5 Å². The third-order valence-electron chi connectivity index (χ3n) is 4.46. The molecule has 156 valence electrons. The predicted molar refractivity (Wildman–Crippen MR) is 114 cm³/mol. The van der Waals surface area contributed by atoms with Gasteiger partial charge in [0.05, 0.1) is 21.7 Å². The van der Waals surface area contributed by atoms with Gasteiger partial charge >= 0.3 is 0 Å². The quantitative estimate of drug-likeness (QED) is 0.365. The Balaban J connectivity index is 2.41. The number of sulfonamides is 1. The SMILES string of the molecule is CCN(CC)S(=O)(=O)c1ccc2c(c1)nc(SCC(=O)C(C#N)=C(C)N)n2CC. The number of nitrogens with two attached hydrogens (primary N) is 1. The van der Waals surface area contributed by atoms with E-state index in [4.69, 9.17) is 11.0 Å². The first kappa shape index (κ1) is 22.9. The topological polar surface area (TPSA) is 122 Å². The second kappa shape index (κ2) is 9.43. The van der Waals surface area contributed by atoms with E-state index in [0.717, 1.165) is 5.52 Å². The summed E-state index contributed by atoms with van der Waals surface area (Å²) in [7, 11) is -3.59. The molecular weight excluding hydrogens is 410 g/mol. The van der Waals surface area contributed by atoms with Gasteiger partial charge in [-0.25, -0.2) is 13.4 Å². The lowest BCUT2D eigenvalue weighted by molar-refractivity contribution is -0.112. The number of imidazole rings is 1. The molecular formula is C19H25N5O3S2. The average Bonchev–Trinajstić information content (AvgIpc) is 3.03. The number of fused-ring (bicyclic) bond motifs is 1. The Bertz CT molecular complexity index is 1090. The van der Waals surface area contributed by atoms with E-state index < -0.39 is 10.0 Å². The van der Waals surface area contributed by atoms with Crippen LogP contribution in [0.5, 0.6) is 0 Å². The summed E-state index contributed by atoms with van der Waals surface area (Å²) >= 11 is 1.20. The summed E-state index contributed by atoms with van der Waals surface area (Å²) in [5.41, 5.74) is 7.05. The second-order valence-electron chi connectivity index (χ2n) is 6.26. The van der Waals surface area contributed by atoms with Crippen molar-refractivity contribution in [3.05, 3.63) is 29.5 Å². The number of carbonyl (C=O) groups is 1. The highest BCUT2D eigenvalue weighted by atomic mass is 32.2. The first-order valence-electron chi connectivity index (χ1n) is 9.24. The zero-order chi connectivity index (χ0) is 21.8. The summed E-state index contributed by atoms with van der Waals surface area (Å²) in [6.07, 6.45) is 0. The van der Waals surface area contributed by atoms with E-state index in [9.17, 15) is 13.2 Å². The monoisotopic (exact) mass is 435 g/mol. The zero-order valence-electron chi connectivity index (χ0n) is 17.0.